The molecular formula is C17H27N3O3. The Morgan fingerprint density at radius 1 is 1.35 bits per heavy atom. The summed E-state index contributed by atoms with van der Waals surface area (Å²) < 4.78 is 10.2. The van der Waals surface area contributed by atoms with E-state index in [9.17, 15) is 4.79 Å². The molecule has 1 fully saturated rings. The lowest BCUT2D eigenvalue weighted by atomic mass is 10.1. The summed E-state index contributed by atoms with van der Waals surface area (Å²) >= 11 is 0. The van der Waals surface area contributed by atoms with E-state index in [0.29, 0.717) is 25.6 Å². The van der Waals surface area contributed by atoms with E-state index in [0.717, 1.165) is 31.7 Å². The molecule has 1 aliphatic heterocycles. The minimum absolute atomic E-state index is 0.0964. The molecular weight excluding hydrogens is 294 g/mol. The van der Waals surface area contributed by atoms with Crippen LogP contribution in [0.5, 0.6) is 5.75 Å². The Labute approximate surface area is 138 Å². The first-order valence-corrected chi connectivity index (χ1v) is 8.12. The minimum Gasteiger partial charge on any atom is -0.497 e. The summed E-state index contributed by atoms with van der Waals surface area (Å²) in [6.45, 7) is 3.97. The Morgan fingerprint density at radius 3 is 3.00 bits per heavy atom. The maximum Gasteiger partial charge on any atom is 0.314 e. The van der Waals surface area contributed by atoms with Gasteiger partial charge in [-0.15, -0.1) is 0 Å². The smallest absolute Gasteiger partial charge is 0.314 e. The maximum atomic E-state index is 11.7. The van der Waals surface area contributed by atoms with Gasteiger partial charge in [-0.05, 0) is 30.9 Å². The van der Waals surface area contributed by atoms with E-state index in [1.807, 2.05) is 12.1 Å². The summed E-state index contributed by atoms with van der Waals surface area (Å²) in [5, 5.41) is 5.79. The van der Waals surface area contributed by atoms with Crippen molar-refractivity contribution in [3.63, 3.8) is 0 Å². The van der Waals surface area contributed by atoms with Gasteiger partial charge in [0.25, 0.3) is 0 Å². The molecule has 0 aliphatic carbocycles. The fourth-order valence-corrected chi connectivity index (χ4v) is 2.76. The van der Waals surface area contributed by atoms with Gasteiger partial charge in [0.15, 0.2) is 0 Å². The summed E-state index contributed by atoms with van der Waals surface area (Å²) in [6, 6.07) is 8.01. The van der Waals surface area contributed by atoms with Crippen LogP contribution < -0.4 is 20.3 Å². The first-order chi connectivity index (χ1) is 11.2. The van der Waals surface area contributed by atoms with Crippen LogP contribution in [-0.2, 0) is 4.74 Å². The third-order valence-corrected chi connectivity index (χ3v) is 4.07. The summed E-state index contributed by atoms with van der Waals surface area (Å²) in [5.74, 6) is 1.35. The normalized spacial score (nSPS) is 17.1. The summed E-state index contributed by atoms with van der Waals surface area (Å²) in [6.07, 6.45) is 1.91. The molecule has 0 spiro atoms. The van der Waals surface area contributed by atoms with Crippen molar-refractivity contribution in [2.75, 3.05) is 51.9 Å². The Morgan fingerprint density at radius 2 is 2.22 bits per heavy atom. The molecule has 128 valence electrons. The number of carbonyl (C=O) groups is 1. The highest BCUT2D eigenvalue weighted by Gasteiger charge is 2.23. The largest absolute Gasteiger partial charge is 0.497 e. The second-order valence-corrected chi connectivity index (χ2v) is 5.79. The van der Waals surface area contributed by atoms with Crippen LogP contribution in [-0.4, -0.2) is 53.0 Å². The number of methoxy groups -OCH3 is 2. The summed E-state index contributed by atoms with van der Waals surface area (Å²) in [7, 11) is 3.34. The van der Waals surface area contributed by atoms with E-state index in [-0.39, 0.29) is 6.03 Å². The molecule has 23 heavy (non-hydrogen) atoms. The zero-order chi connectivity index (χ0) is 16.5. The van der Waals surface area contributed by atoms with Gasteiger partial charge < -0.3 is 25.0 Å². The molecule has 2 amide bonds. The van der Waals surface area contributed by atoms with Crippen LogP contribution in [0, 0.1) is 5.92 Å². The fraction of sp³-hybridized carbons (Fsp3) is 0.588. The number of nitrogens with one attached hydrogen (secondary N) is 2. The molecule has 0 radical (unpaired) electrons. The van der Waals surface area contributed by atoms with Gasteiger partial charge in [-0.1, -0.05) is 6.07 Å². The van der Waals surface area contributed by atoms with Crippen molar-refractivity contribution in [1.82, 2.24) is 10.6 Å². The van der Waals surface area contributed by atoms with Crippen LogP contribution in [0.15, 0.2) is 24.3 Å². The molecule has 0 bridgehead atoms. The lowest BCUT2D eigenvalue weighted by Crippen LogP contribution is -2.39. The Kier molecular flexibility index (Phi) is 7.00. The maximum absolute atomic E-state index is 11.7. The molecule has 1 saturated heterocycles. The van der Waals surface area contributed by atoms with Crippen molar-refractivity contribution >= 4 is 11.7 Å². The van der Waals surface area contributed by atoms with Crippen LogP contribution in [0.3, 0.4) is 0 Å². The van der Waals surface area contributed by atoms with E-state index >= 15 is 0 Å². The van der Waals surface area contributed by atoms with E-state index in [1.165, 1.54) is 5.69 Å². The average Bonchev–Trinajstić information content (AvgIpc) is 3.06. The lowest BCUT2D eigenvalue weighted by Gasteiger charge is -2.19. The van der Waals surface area contributed by atoms with Crippen molar-refractivity contribution < 1.29 is 14.3 Å². The van der Waals surface area contributed by atoms with Crippen LogP contribution in [0.25, 0.3) is 0 Å². The summed E-state index contributed by atoms with van der Waals surface area (Å²) in [5.41, 5.74) is 1.18. The van der Waals surface area contributed by atoms with E-state index < -0.39 is 0 Å². The first kappa shape index (κ1) is 17.4. The quantitative estimate of drug-likeness (QED) is 0.718. The van der Waals surface area contributed by atoms with E-state index in [1.54, 1.807) is 14.2 Å². The monoisotopic (exact) mass is 321 g/mol. The van der Waals surface area contributed by atoms with Gasteiger partial charge >= 0.3 is 6.03 Å². The fourth-order valence-electron chi connectivity index (χ4n) is 2.76. The van der Waals surface area contributed by atoms with Gasteiger partial charge in [-0.2, -0.15) is 0 Å². The molecule has 1 heterocycles. The number of benzene rings is 1. The van der Waals surface area contributed by atoms with Gasteiger partial charge in [-0.25, -0.2) is 4.79 Å². The number of hydrogen-bond donors (Lipinski definition) is 2. The number of nitrogens with zero attached hydrogens (tertiary/aromatic N) is 1. The standard InChI is InChI=1S/C17H27N3O3/c1-22-10-4-8-18-17(21)19-12-14-7-9-20(13-14)15-5-3-6-16(11-15)23-2/h3,5-6,11,14H,4,7-10,12-13H2,1-2H3,(H2,18,19,21)/t14-/m1/s1. The zero-order valence-electron chi connectivity index (χ0n) is 14.0. The van der Waals surface area contributed by atoms with Crippen LogP contribution in [0.4, 0.5) is 10.5 Å². The number of ether oxygens (including phenoxy) is 2. The Bertz CT molecular complexity index is 496. The Hall–Kier alpha value is -1.95. The highest BCUT2D eigenvalue weighted by atomic mass is 16.5. The van der Waals surface area contributed by atoms with Crippen LogP contribution in [0.1, 0.15) is 12.8 Å². The molecule has 2 N–H and O–H groups in total. The number of anilines is 1. The van der Waals surface area contributed by atoms with Crippen molar-refractivity contribution in [2.24, 2.45) is 5.92 Å². The highest BCUT2D eigenvalue weighted by molar-refractivity contribution is 5.73. The number of carbonyl (C=O) groups excluding carboxylic acids is 1. The molecule has 6 heteroatoms. The van der Waals surface area contributed by atoms with Gasteiger partial charge in [-0.3, -0.25) is 0 Å². The third kappa shape index (κ3) is 5.63. The predicted octanol–water partition coefficient (Wildman–Crippen LogP) is 1.86. The predicted molar refractivity (Wildman–Crippen MR) is 91.2 cm³/mol. The van der Waals surface area contributed by atoms with Crippen LogP contribution in [0.2, 0.25) is 0 Å². The van der Waals surface area contributed by atoms with Crippen molar-refractivity contribution in [1.29, 1.82) is 0 Å². The van der Waals surface area contributed by atoms with Crippen molar-refractivity contribution in [3.8, 4) is 5.75 Å². The third-order valence-electron chi connectivity index (χ3n) is 4.07. The van der Waals surface area contributed by atoms with E-state index in [4.69, 9.17) is 9.47 Å². The SMILES string of the molecule is COCCCNC(=O)NC[C@H]1CCN(c2cccc(OC)c2)C1. The Balaban J connectivity index is 1.70. The molecule has 1 aromatic rings. The second-order valence-electron chi connectivity index (χ2n) is 5.79. The molecule has 0 saturated carbocycles. The highest BCUT2D eigenvalue weighted by Crippen LogP contribution is 2.26. The topological polar surface area (TPSA) is 62.8 Å². The number of rotatable bonds is 8. The van der Waals surface area contributed by atoms with Gasteiger partial charge in [0.1, 0.15) is 5.75 Å². The summed E-state index contributed by atoms with van der Waals surface area (Å²) in [4.78, 5) is 14.0. The number of amides is 2. The first-order valence-electron chi connectivity index (χ1n) is 8.12. The molecule has 6 nitrogen and oxygen atoms in total. The zero-order valence-corrected chi connectivity index (χ0v) is 14.0. The molecule has 0 unspecified atom stereocenters. The van der Waals surface area contributed by atoms with E-state index in [2.05, 4.69) is 27.7 Å². The molecule has 2 rings (SSSR count). The molecule has 1 atom stereocenters. The molecule has 1 aromatic carbocycles. The van der Waals surface area contributed by atoms with Crippen LogP contribution >= 0.6 is 0 Å². The molecule has 1 aliphatic rings. The molecule has 0 aromatic heterocycles. The van der Waals surface area contributed by atoms with Crippen molar-refractivity contribution in [3.05, 3.63) is 24.3 Å². The average molecular weight is 321 g/mol. The lowest BCUT2D eigenvalue weighted by molar-refractivity contribution is 0.193. The van der Waals surface area contributed by atoms with Gasteiger partial charge in [0, 0.05) is 51.6 Å². The second kappa shape index (κ2) is 9.25. The van der Waals surface area contributed by atoms with Gasteiger partial charge in [0.05, 0.1) is 7.11 Å². The number of hydrogen-bond acceptors (Lipinski definition) is 4. The minimum atomic E-state index is -0.0964. The van der Waals surface area contributed by atoms with Gasteiger partial charge in [0.2, 0.25) is 0 Å². The van der Waals surface area contributed by atoms with Crippen molar-refractivity contribution in [2.45, 2.75) is 12.8 Å². The number of urea groups is 1.